The van der Waals surface area contributed by atoms with Crippen molar-refractivity contribution in [2.24, 2.45) is 0 Å². The van der Waals surface area contributed by atoms with Gasteiger partial charge in [-0.3, -0.25) is 0 Å². The van der Waals surface area contributed by atoms with Gasteiger partial charge in [-0.05, 0) is 20.8 Å². The molecule has 13 heavy (non-hydrogen) atoms. The molecule has 0 heterocycles. The average molecular weight is 232 g/mol. The Morgan fingerprint density at radius 3 is 0.692 bits per heavy atom. The average Bonchev–Trinajstić information content (AvgIpc) is 1.54. The molecular formula is C6H9MnO6-. The fourth-order valence-corrected chi connectivity index (χ4v) is 0. The molecule has 0 aliphatic heterocycles. The molecule has 0 spiro atoms. The summed E-state index contributed by atoms with van der Waals surface area (Å²) in [5.41, 5.74) is 0. The maximum Gasteiger partial charge on any atom is 2.00 e. The number of carboxylic acid groups (broad SMARTS) is 3. The molecule has 0 rings (SSSR count). The normalized spacial score (nSPS) is 5.77. The Morgan fingerprint density at radius 2 is 0.692 bits per heavy atom. The molecule has 0 atom stereocenters. The predicted molar refractivity (Wildman–Crippen MR) is 32.0 cm³/mol. The zero-order valence-electron chi connectivity index (χ0n) is 7.33. The summed E-state index contributed by atoms with van der Waals surface area (Å²) in [5, 5.41) is 26.7. The van der Waals surface area contributed by atoms with E-state index in [1.54, 1.807) is 0 Å². The van der Waals surface area contributed by atoms with E-state index in [2.05, 4.69) is 0 Å². The van der Waals surface area contributed by atoms with E-state index < -0.39 is 17.9 Å². The molecular weight excluding hydrogens is 223 g/mol. The monoisotopic (exact) mass is 232 g/mol. The molecule has 0 N–H and O–H groups in total. The van der Waals surface area contributed by atoms with Gasteiger partial charge in [-0.1, -0.05) is 0 Å². The topological polar surface area (TPSA) is 120 Å². The minimum atomic E-state index is -1.08. The Hall–Kier alpha value is -1.07. The van der Waals surface area contributed by atoms with Crippen LogP contribution in [0.3, 0.4) is 0 Å². The van der Waals surface area contributed by atoms with Crippen LogP contribution < -0.4 is 15.3 Å². The molecule has 0 saturated heterocycles. The molecule has 0 aromatic heterocycles. The van der Waals surface area contributed by atoms with Crippen LogP contribution in [0.5, 0.6) is 0 Å². The van der Waals surface area contributed by atoms with Crippen molar-refractivity contribution in [3.63, 3.8) is 0 Å². The van der Waals surface area contributed by atoms with Crippen molar-refractivity contribution in [3.8, 4) is 0 Å². The first kappa shape index (κ1) is 22.7. The van der Waals surface area contributed by atoms with Gasteiger partial charge in [0, 0.05) is 17.9 Å². The number of carboxylic acids is 3. The Balaban J connectivity index is -0.0000000450. The number of carbonyl (C=O) groups is 3. The Morgan fingerprint density at radius 1 is 0.692 bits per heavy atom. The molecule has 6 nitrogen and oxygen atoms in total. The number of rotatable bonds is 0. The van der Waals surface area contributed by atoms with Crippen molar-refractivity contribution in [3.05, 3.63) is 0 Å². The van der Waals surface area contributed by atoms with Crippen LogP contribution in [0, 0.1) is 0 Å². The molecule has 0 fully saturated rings. The summed E-state index contributed by atoms with van der Waals surface area (Å²) in [6.45, 7) is 2.92. The van der Waals surface area contributed by atoms with Crippen LogP contribution >= 0.6 is 0 Å². The first-order valence-electron chi connectivity index (χ1n) is 2.72. The van der Waals surface area contributed by atoms with Crippen molar-refractivity contribution >= 4 is 17.9 Å². The minimum Gasteiger partial charge on any atom is -0.550 e. The third-order valence-electron chi connectivity index (χ3n) is 0. The van der Waals surface area contributed by atoms with Gasteiger partial charge in [-0.15, -0.1) is 0 Å². The van der Waals surface area contributed by atoms with Crippen LogP contribution in [0.15, 0.2) is 0 Å². The summed E-state index contributed by atoms with van der Waals surface area (Å²) in [7, 11) is 0. The summed E-state index contributed by atoms with van der Waals surface area (Å²) in [4.78, 5) is 26.7. The zero-order chi connectivity index (χ0) is 10.7. The van der Waals surface area contributed by atoms with E-state index in [-0.39, 0.29) is 17.1 Å². The van der Waals surface area contributed by atoms with Gasteiger partial charge in [0.2, 0.25) is 0 Å². The molecule has 7 heteroatoms. The third-order valence-corrected chi connectivity index (χ3v) is 0. The van der Waals surface area contributed by atoms with Crippen LogP contribution in [0.25, 0.3) is 0 Å². The standard InChI is InChI=1S/3C2H4O2.Mn/c3*1-2(3)4;/h3*1H3,(H,3,4);/q;;;+2/p-3. The van der Waals surface area contributed by atoms with Gasteiger partial charge in [0.25, 0.3) is 0 Å². The summed E-state index contributed by atoms with van der Waals surface area (Å²) in [6.07, 6.45) is 0. The van der Waals surface area contributed by atoms with Gasteiger partial charge < -0.3 is 29.7 Å². The van der Waals surface area contributed by atoms with E-state index >= 15 is 0 Å². The molecule has 0 saturated carbocycles. The smallest absolute Gasteiger partial charge is 0.550 e. The number of carbonyl (C=O) groups excluding carboxylic acids is 3. The van der Waals surface area contributed by atoms with Crippen LogP contribution in [-0.2, 0) is 31.5 Å². The van der Waals surface area contributed by atoms with E-state index in [4.69, 9.17) is 29.7 Å². The van der Waals surface area contributed by atoms with Crippen molar-refractivity contribution in [1.29, 1.82) is 0 Å². The van der Waals surface area contributed by atoms with Gasteiger partial charge in [0.1, 0.15) is 0 Å². The first-order chi connectivity index (χ1) is 5.20. The Kier molecular flexibility index (Phi) is 29.9. The van der Waals surface area contributed by atoms with Gasteiger partial charge in [-0.2, -0.15) is 0 Å². The molecule has 0 aliphatic rings. The van der Waals surface area contributed by atoms with Crippen LogP contribution in [0.2, 0.25) is 0 Å². The Labute approximate surface area is 86.0 Å². The molecule has 0 aromatic rings. The molecule has 1 radical (unpaired) electrons. The second-order valence-electron chi connectivity index (χ2n) is 1.47. The van der Waals surface area contributed by atoms with E-state index in [0.29, 0.717) is 0 Å². The predicted octanol–water partition coefficient (Wildman–Crippen LogP) is -3.73. The molecule has 0 aromatic carbocycles. The number of hydrogen-bond donors (Lipinski definition) is 0. The molecule has 0 aliphatic carbocycles. The fraction of sp³-hybridized carbons (Fsp3) is 0.500. The van der Waals surface area contributed by atoms with Crippen molar-refractivity contribution in [2.45, 2.75) is 20.8 Å². The SMILES string of the molecule is CC(=O)[O-].CC(=O)[O-].CC(=O)[O-].[Mn+2]. The van der Waals surface area contributed by atoms with E-state index in [1.807, 2.05) is 0 Å². The van der Waals surface area contributed by atoms with Crippen molar-refractivity contribution < 1.29 is 46.8 Å². The van der Waals surface area contributed by atoms with E-state index in [9.17, 15) is 0 Å². The largest absolute Gasteiger partial charge is 2.00 e. The summed E-state index contributed by atoms with van der Waals surface area (Å²) in [5.74, 6) is -3.25. The van der Waals surface area contributed by atoms with Gasteiger partial charge >= 0.3 is 17.1 Å². The minimum absolute atomic E-state index is 0. The van der Waals surface area contributed by atoms with Crippen molar-refractivity contribution in [1.82, 2.24) is 0 Å². The quantitative estimate of drug-likeness (QED) is 0.396. The van der Waals surface area contributed by atoms with Crippen molar-refractivity contribution in [2.75, 3.05) is 0 Å². The third kappa shape index (κ3) is 760. The van der Waals surface area contributed by atoms with E-state index in [0.717, 1.165) is 20.8 Å². The Bertz CT molecular complexity index is 115. The summed E-state index contributed by atoms with van der Waals surface area (Å²) in [6, 6.07) is 0. The van der Waals surface area contributed by atoms with Gasteiger partial charge in [-0.25, -0.2) is 0 Å². The molecule has 0 bridgehead atoms. The first-order valence-corrected chi connectivity index (χ1v) is 2.72. The van der Waals surface area contributed by atoms with Crippen LogP contribution in [0.4, 0.5) is 0 Å². The van der Waals surface area contributed by atoms with Gasteiger partial charge in [0.05, 0.1) is 0 Å². The molecule has 0 unspecified atom stereocenters. The second-order valence-corrected chi connectivity index (χ2v) is 1.47. The summed E-state index contributed by atoms with van der Waals surface area (Å²) >= 11 is 0. The van der Waals surface area contributed by atoms with Gasteiger partial charge in [0.15, 0.2) is 0 Å². The van der Waals surface area contributed by atoms with Crippen LogP contribution in [-0.4, -0.2) is 17.9 Å². The fourth-order valence-electron chi connectivity index (χ4n) is 0. The van der Waals surface area contributed by atoms with Crippen LogP contribution in [0.1, 0.15) is 20.8 Å². The number of hydrogen-bond acceptors (Lipinski definition) is 6. The number of aliphatic carboxylic acids is 3. The second kappa shape index (κ2) is 17.1. The zero-order valence-corrected chi connectivity index (χ0v) is 8.51. The summed E-state index contributed by atoms with van der Waals surface area (Å²) < 4.78 is 0. The molecule has 0 amide bonds. The maximum atomic E-state index is 8.89. The van der Waals surface area contributed by atoms with E-state index in [1.165, 1.54) is 0 Å². The molecule has 77 valence electrons. The maximum absolute atomic E-state index is 8.89.